The topological polar surface area (TPSA) is 15.3 Å². The van der Waals surface area contributed by atoms with Gasteiger partial charge >= 0.3 is 0 Å². The molecule has 1 unspecified atom stereocenters. The molecule has 0 radical (unpaired) electrons. The van der Waals surface area contributed by atoms with Gasteiger partial charge in [-0.3, -0.25) is 4.90 Å². The quantitative estimate of drug-likeness (QED) is 0.775. The highest BCUT2D eigenvalue weighted by Gasteiger charge is 2.25. The van der Waals surface area contributed by atoms with E-state index in [-0.39, 0.29) is 5.54 Å². The van der Waals surface area contributed by atoms with Crippen molar-refractivity contribution in [2.24, 2.45) is 0 Å². The number of nitrogens with one attached hydrogen (secondary N) is 1. The van der Waals surface area contributed by atoms with Crippen molar-refractivity contribution in [1.82, 2.24) is 10.2 Å². The number of nitrogens with zero attached hydrogens (tertiary/aromatic N) is 1. The fourth-order valence-electron chi connectivity index (χ4n) is 2.74. The van der Waals surface area contributed by atoms with Crippen LogP contribution in [0.2, 0.25) is 0 Å². The first-order chi connectivity index (χ1) is 7.44. The van der Waals surface area contributed by atoms with Crippen LogP contribution in [0.4, 0.5) is 0 Å². The molecule has 96 valence electrons. The lowest BCUT2D eigenvalue weighted by Gasteiger charge is -2.35. The zero-order valence-corrected chi connectivity index (χ0v) is 11.8. The number of likely N-dealkylation sites (N-methyl/N-ethyl adjacent to an activating group) is 1. The first kappa shape index (κ1) is 14.0. The van der Waals surface area contributed by atoms with Crippen molar-refractivity contribution >= 4 is 0 Å². The van der Waals surface area contributed by atoms with Crippen LogP contribution in [0, 0.1) is 0 Å². The highest BCUT2D eigenvalue weighted by molar-refractivity contribution is 4.83. The second-order valence-electron chi connectivity index (χ2n) is 6.25. The van der Waals surface area contributed by atoms with E-state index in [9.17, 15) is 0 Å². The van der Waals surface area contributed by atoms with Crippen molar-refractivity contribution in [2.45, 2.75) is 77.9 Å². The van der Waals surface area contributed by atoms with Crippen molar-refractivity contribution in [3.63, 3.8) is 0 Å². The number of hydrogen-bond acceptors (Lipinski definition) is 2. The Bertz CT molecular complexity index is 189. The standard InChI is InChI=1S/C14H30N2/c1-6-16(13-9-7-8-10-13)12(2)11-15-14(3,4)5/h12-13,15H,6-11H2,1-5H3. The molecule has 1 rings (SSSR count). The molecule has 0 aromatic rings. The Morgan fingerprint density at radius 3 is 2.25 bits per heavy atom. The maximum absolute atomic E-state index is 3.62. The zero-order chi connectivity index (χ0) is 12.2. The fraction of sp³-hybridized carbons (Fsp3) is 1.00. The van der Waals surface area contributed by atoms with E-state index in [0.717, 1.165) is 12.6 Å². The molecule has 1 saturated carbocycles. The van der Waals surface area contributed by atoms with Gasteiger partial charge in [-0.25, -0.2) is 0 Å². The van der Waals surface area contributed by atoms with Gasteiger partial charge in [0.1, 0.15) is 0 Å². The molecule has 0 bridgehead atoms. The summed E-state index contributed by atoms with van der Waals surface area (Å²) >= 11 is 0. The average molecular weight is 226 g/mol. The molecule has 1 N–H and O–H groups in total. The van der Waals surface area contributed by atoms with Crippen LogP contribution in [0.5, 0.6) is 0 Å². The summed E-state index contributed by atoms with van der Waals surface area (Å²) in [7, 11) is 0. The minimum atomic E-state index is 0.239. The van der Waals surface area contributed by atoms with Crippen LogP contribution >= 0.6 is 0 Å². The molecule has 0 aliphatic heterocycles. The summed E-state index contributed by atoms with van der Waals surface area (Å²) in [4.78, 5) is 2.69. The first-order valence-electron chi connectivity index (χ1n) is 6.95. The van der Waals surface area contributed by atoms with E-state index in [1.54, 1.807) is 0 Å². The summed E-state index contributed by atoms with van der Waals surface area (Å²) < 4.78 is 0. The third-order valence-electron chi connectivity index (χ3n) is 3.65. The van der Waals surface area contributed by atoms with Crippen LogP contribution in [0.15, 0.2) is 0 Å². The SMILES string of the molecule is CCN(C(C)CNC(C)(C)C)C1CCCC1. The Hall–Kier alpha value is -0.0800. The van der Waals surface area contributed by atoms with Crippen LogP contribution < -0.4 is 5.32 Å². The van der Waals surface area contributed by atoms with E-state index in [2.05, 4.69) is 44.8 Å². The first-order valence-corrected chi connectivity index (χ1v) is 6.95. The van der Waals surface area contributed by atoms with E-state index in [1.807, 2.05) is 0 Å². The van der Waals surface area contributed by atoms with E-state index in [0.29, 0.717) is 6.04 Å². The summed E-state index contributed by atoms with van der Waals surface area (Å²) in [6.07, 6.45) is 5.68. The van der Waals surface area contributed by atoms with Crippen molar-refractivity contribution < 1.29 is 0 Å². The fourth-order valence-corrected chi connectivity index (χ4v) is 2.74. The van der Waals surface area contributed by atoms with Gasteiger partial charge < -0.3 is 5.32 Å². The van der Waals surface area contributed by atoms with Gasteiger partial charge in [-0.15, -0.1) is 0 Å². The van der Waals surface area contributed by atoms with E-state index >= 15 is 0 Å². The predicted molar refractivity (Wildman–Crippen MR) is 71.9 cm³/mol. The summed E-state index contributed by atoms with van der Waals surface area (Å²) in [5, 5.41) is 3.62. The summed E-state index contributed by atoms with van der Waals surface area (Å²) in [6.45, 7) is 13.7. The highest BCUT2D eigenvalue weighted by atomic mass is 15.2. The Morgan fingerprint density at radius 1 is 1.25 bits per heavy atom. The number of rotatable bonds is 5. The molecule has 1 atom stereocenters. The van der Waals surface area contributed by atoms with Gasteiger partial charge in [-0.2, -0.15) is 0 Å². The summed E-state index contributed by atoms with van der Waals surface area (Å²) in [5.41, 5.74) is 0.239. The van der Waals surface area contributed by atoms with E-state index in [4.69, 9.17) is 0 Å². The van der Waals surface area contributed by atoms with Crippen LogP contribution in [0.3, 0.4) is 0 Å². The van der Waals surface area contributed by atoms with Crippen molar-refractivity contribution in [3.05, 3.63) is 0 Å². The molecular weight excluding hydrogens is 196 g/mol. The van der Waals surface area contributed by atoms with E-state index in [1.165, 1.54) is 32.2 Å². The highest BCUT2D eigenvalue weighted by Crippen LogP contribution is 2.24. The normalized spacial score (nSPS) is 20.6. The molecule has 0 aromatic heterocycles. The van der Waals surface area contributed by atoms with Crippen molar-refractivity contribution in [1.29, 1.82) is 0 Å². The van der Waals surface area contributed by atoms with Crippen molar-refractivity contribution in [2.75, 3.05) is 13.1 Å². The molecular formula is C14H30N2. The second-order valence-corrected chi connectivity index (χ2v) is 6.25. The minimum Gasteiger partial charge on any atom is -0.311 e. The molecule has 2 heteroatoms. The molecule has 1 aliphatic rings. The summed E-state index contributed by atoms with van der Waals surface area (Å²) in [5.74, 6) is 0. The third-order valence-corrected chi connectivity index (χ3v) is 3.65. The lowest BCUT2D eigenvalue weighted by Crippen LogP contribution is -2.49. The van der Waals surface area contributed by atoms with Crippen LogP contribution in [-0.2, 0) is 0 Å². The van der Waals surface area contributed by atoms with Gasteiger partial charge in [-0.1, -0.05) is 19.8 Å². The van der Waals surface area contributed by atoms with Gasteiger partial charge in [0.15, 0.2) is 0 Å². The third kappa shape index (κ3) is 4.42. The second kappa shape index (κ2) is 6.02. The van der Waals surface area contributed by atoms with Gasteiger partial charge in [0.05, 0.1) is 0 Å². The Morgan fingerprint density at radius 2 is 1.81 bits per heavy atom. The van der Waals surface area contributed by atoms with Gasteiger partial charge in [0.2, 0.25) is 0 Å². The van der Waals surface area contributed by atoms with Gasteiger partial charge in [-0.05, 0) is 47.1 Å². The molecule has 2 nitrogen and oxygen atoms in total. The molecule has 1 aliphatic carbocycles. The van der Waals surface area contributed by atoms with Crippen LogP contribution in [0.25, 0.3) is 0 Å². The minimum absolute atomic E-state index is 0.239. The summed E-state index contributed by atoms with van der Waals surface area (Å²) in [6, 6.07) is 1.51. The Balaban J connectivity index is 2.39. The van der Waals surface area contributed by atoms with Gasteiger partial charge in [0, 0.05) is 24.2 Å². The zero-order valence-electron chi connectivity index (χ0n) is 11.8. The molecule has 0 aromatic carbocycles. The molecule has 0 amide bonds. The largest absolute Gasteiger partial charge is 0.311 e. The van der Waals surface area contributed by atoms with Crippen LogP contribution in [-0.4, -0.2) is 35.6 Å². The lowest BCUT2D eigenvalue weighted by atomic mass is 10.1. The molecule has 0 heterocycles. The Kier molecular flexibility index (Phi) is 5.26. The molecule has 1 fully saturated rings. The smallest absolute Gasteiger partial charge is 0.0195 e. The Labute approximate surface area is 102 Å². The molecule has 16 heavy (non-hydrogen) atoms. The maximum atomic E-state index is 3.62. The van der Waals surface area contributed by atoms with E-state index < -0.39 is 0 Å². The predicted octanol–water partition coefficient (Wildman–Crippen LogP) is 3.03. The van der Waals surface area contributed by atoms with Crippen molar-refractivity contribution in [3.8, 4) is 0 Å². The average Bonchev–Trinajstić information content (AvgIpc) is 2.68. The van der Waals surface area contributed by atoms with Crippen LogP contribution in [0.1, 0.15) is 60.3 Å². The molecule has 0 spiro atoms. The molecule has 0 saturated heterocycles. The maximum Gasteiger partial charge on any atom is 0.0195 e. The van der Waals surface area contributed by atoms with Gasteiger partial charge in [0.25, 0.3) is 0 Å². The number of hydrogen-bond donors (Lipinski definition) is 1. The monoisotopic (exact) mass is 226 g/mol. The lowest BCUT2D eigenvalue weighted by molar-refractivity contribution is 0.145.